The van der Waals surface area contributed by atoms with Crippen molar-refractivity contribution in [1.82, 2.24) is 24.7 Å². The van der Waals surface area contributed by atoms with Gasteiger partial charge in [0.15, 0.2) is 5.82 Å². The number of imidazole rings is 1. The standard InChI is InChI=1S/C19H29N5O3/c1-14(2)6-7-20-18(26)16-15-5-3-4-8-24(15)17(21-16)19(27)23-11-9-22(13-25)10-12-23/h13-14H,3-12H2,1-2H3,(H,20,26). The van der Waals surface area contributed by atoms with Gasteiger partial charge in [-0.1, -0.05) is 13.8 Å². The Bertz CT molecular complexity index is 704. The van der Waals surface area contributed by atoms with E-state index in [2.05, 4.69) is 24.1 Å². The van der Waals surface area contributed by atoms with E-state index in [0.717, 1.165) is 44.3 Å². The maximum absolute atomic E-state index is 13.0. The summed E-state index contributed by atoms with van der Waals surface area (Å²) in [5, 5.41) is 2.94. The van der Waals surface area contributed by atoms with Gasteiger partial charge >= 0.3 is 0 Å². The first-order valence-corrected chi connectivity index (χ1v) is 9.87. The highest BCUT2D eigenvalue weighted by atomic mass is 16.2. The van der Waals surface area contributed by atoms with E-state index in [9.17, 15) is 14.4 Å². The zero-order valence-electron chi connectivity index (χ0n) is 16.2. The van der Waals surface area contributed by atoms with Gasteiger partial charge in [-0.25, -0.2) is 4.98 Å². The Kier molecular flexibility index (Phi) is 6.13. The Morgan fingerprint density at radius 2 is 1.89 bits per heavy atom. The van der Waals surface area contributed by atoms with Crippen molar-refractivity contribution >= 4 is 18.2 Å². The summed E-state index contributed by atoms with van der Waals surface area (Å²) in [4.78, 5) is 44.4. The molecule has 8 heteroatoms. The highest BCUT2D eigenvalue weighted by molar-refractivity contribution is 5.97. The van der Waals surface area contributed by atoms with Crippen LogP contribution in [-0.2, 0) is 17.8 Å². The van der Waals surface area contributed by atoms with Crippen LogP contribution in [0.1, 0.15) is 59.9 Å². The van der Waals surface area contributed by atoms with Crippen molar-refractivity contribution in [3.63, 3.8) is 0 Å². The fraction of sp³-hybridized carbons (Fsp3) is 0.684. The molecule has 27 heavy (non-hydrogen) atoms. The minimum Gasteiger partial charge on any atom is -0.351 e. The van der Waals surface area contributed by atoms with Gasteiger partial charge in [0.2, 0.25) is 6.41 Å². The maximum Gasteiger partial charge on any atom is 0.290 e. The molecule has 8 nitrogen and oxygen atoms in total. The average Bonchev–Trinajstić information content (AvgIpc) is 3.07. The van der Waals surface area contributed by atoms with Crippen LogP contribution in [0.3, 0.4) is 0 Å². The Hall–Kier alpha value is -2.38. The summed E-state index contributed by atoms with van der Waals surface area (Å²) >= 11 is 0. The second kappa shape index (κ2) is 8.54. The maximum atomic E-state index is 13.0. The lowest BCUT2D eigenvalue weighted by molar-refractivity contribution is -0.119. The molecule has 0 aromatic carbocycles. The van der Waals surface area contributed by atoms with Crippen LogP contribution >= 0.6 is 0 Å². The van der Waals surface area contributed by atoms with E-state index in [-0.39, 0.29) is 11.8 Å². The van der Waals surface area contributed by atoms with Crippen LogP contribution in [0, 0.1) is 5.92 Å². The molecule has 0 aliphatic carbocycles. The number of hydrogen-bond donors (Lipinski definition) is 1. The molecule has 1 fully saturated rings. The van der Waals surface area contributed by atoms with Crippen LogP contribution in [0.25, 0.3) is 0 Å². The summed E-state index contributed by atoms with van der Waals surface area (Å²) in [5.74, 6) is 0.540. The molecule has 148 valence electrons. The minimum atomic E-state index is -0.189. The van der Waals surface area contributed by atoms with Gasteiger partial charge in [0, 0.05) is 39.3 Å². The third kappa shape index (κ3) is 4.31. The molecule has 2 aliphatic heterocycles. The molecule has 0 saturated carbocycles. The molecule has 1 aromatic rings. The lowest BCUT2D eigenvalue weighted by Gasteiger charge is -2.32. The summed E-state index contributed by atoms with van der Waals surface area (Å²) in [6.45, 7) is 7.62. The molecule has 0 bridgehead atoms. The van der Waals surface area contributed by atoms with Gasteiger partial charge < -0.3 is 19.7 Å². The zero-order chi connectivity index (χ0) is 19.4. The first-order valence-electron chi connectivity index (χ1n) is 9.87. The number of nitrogens with zero attached hydrogens (tertiary/aromatic N) is 4. The predicted molar refractivity (Wildman–Crippen MR) is 100 cm³/mol. The Balaban J connectivity index is 1.77. The lowest BCUT2D eigenvalue weighted by atomic mass is 10.1. The third-order valence-electron chi connectivity index (χ3n) is 5.28. The predicted octanol–water partition coefficient (Wildman–Crippen LogP) is 0.910. The number of carbonyl (C=O) groups is 3. The number of piperazine rings is 1. The number of hydrogen-bond acceptors (Lipinski definition) is 4. The molecule has 3 rings (SSSR count). The topological polar surface area (TPSA) is 87.5 Å². The van der Waals surface area contributed by atoms with Crippen LogP contribution in [0.2, 0.25) is 0 Å². The number of nitrogens with one attached hydrogen (secondary N) is 1. The monoisotopic (exact) mass is 375 g/mol. The van der Waals surface area contributed by atoms with E-state index in [4.69, 9.17) is 0 Å². The first-order chi connectivity index (χ1) is 13.0. The second-order valence-electron chi connectivity index (χ2n) is 7.71. The van der Waals surface area contributed by atoms with E-state index >= 15 is 0 Å². The van der Waals surface area contributed by atoms with Gasteiger partial charge in [-0.15, -0.1) is 0 Å². The second-order valence-corrected chi connectivity index (χ2v) is 7.71. The molecule has 0 spiro atoms. The third-order valence-corrected chi connectivity index (χ3v) is 5.28. The average molecular weight is 375 g/mol. The Morgan fingerprint density at radius 1 is 1.15 bits per heavy atom. The van der Waals surface area contributed by atoms with E-state index in [1.165, 1.54) is 0 Å². The molecular weight excluding hydrogens is 346 g/mol. The number of carbonyl (C=O) groups excluding carboxylic acids is 3. The highest BCUT2D eigenvalue weighted by Gasteiger charge is 2.31. The summed E-state index contributed by atoms with van der Waals surface area (Å²) < 4.78 is 1.93. The van der Waals surface area contributed by atoms with Gasteiger partial charge in [-0.2, -0.15) is 0 Å². The number of rotatable bonds is 6. The molecule has 1 saturated heterocycles. The summed E-state index contributed by atoms with van der Waals surface area (Å²) in [6.07, 6.45) is 4.49. The normalized spacial score (nSPS) is 17.0. The Morgan fingerprint density at radius 3 is 2.56 bits per heavy atom. The summed E-state index contributed by atoms with van der Waals surface area (Å²) in [6, 6.07) is 0. The van der Waals surface area contributed by atoms with Crippen LogP contribution in [0.15, 0.2) is 0 Å². The SMILES string of the molecule is CC(C)CCNC(=O)c1nc(C(=O)N2CCN(C=O)CC2)n2c1CCCC2. The molecule has 1 N–H and O–H groups in total. The van der Waals surface area contributed by atoms with Gasteiger partial charge in [-0.05, 0) is 31.6 Å². The van der Waals surface area contributed by atoms with Crippen molar-refractivity contribution in [2.75, 3.05) is 32.7 Å². The summed E-state index contributed by atoms with van der Waals surface area (Å²) in [7, 11) is 0. The van der Waals surface area contributed by atoms with Gasteiger partial charge in [0.1, 0.15) is 5.69 Å². The molecular formula is C19H29N5O3. The number of aromatic nitrogens is 2. The van der Waals surface area contributed by atoms with Crippen LogP contribution in [0.5, 0.6) is 0 Å². The first kappa shape index (κ1) is 19.4. The van der Waals surface area contributed by atoms with E-state index in [0.29, 0.717) is 50.2 Å². The van der Waals surface area contributed by atoms with E-state index in [1.807, 2.05) is 4.57 Å². The van der Waals surface area contributed by atoms with Gasteiger partial charge in [-0.3, -0.25) is 14.4 Å². The fourth-order valence-corrected chi connectivity index (χ4v) is 3.62. The highest BCUT2D eigenvalue weighted by Crippen LogP contribution is 2.22. The molecule has 0 unspecified atom stereocenters. The fourth-order valence-electron chi connectivity index (χ4n) is 3.62. The minimum absolute atomic E-state index is 0.148. The van der Waals surface area contributed by atoms with Gasteiger partial charge in [0.05, 0.1) is 5.69 Å². The van der Waals surface area contributed by atoms with Crippen LogP contribution < -0.4 is 5.32 Å². The van der Waals surface area contributed by atoms with Crippen molar-refractivity contribution in [2.24, 2.45) is 5.92 Å². The number of fused-ring (bicyclic) bond motifs is 1. The largest absolute Gasteiger partial charge is 0.351 e. The molecule has 3 heterocycles. The lowest BCUT2D eigenvalue weighted by Crippen LogP contribution is -2.48. The number of amides is 3. The quantitative estimate of drug-likeness (QED) is 0.749. The van der Waals surface area contributed by atoms with Crippen molar-refractivity contribution in [2.45, 2.75) is 46.1 Å². The molecule has 1 aromatic heterocycles. The molecule has 0 atom stereocenters. The zero-order valence-corrected chi connectivity index (χ0v) is 16.2. The molecule has 0 radical (unpaired) electrons. The smallest absolute Gasteiger partial charge is 0.290 e. The van der Waals surface area contributed by atoms with Gasteiger partial charge in [0.25, 0.3) is 11.8 Å². The molecule has 2 aliphatic rings. The van der Waals surface area contributed by atoms with E-state index < -0.39 is 0 Å². The van der Waals surface area contributed by atoms with Crippen molar-refractivity contribution < 1.29 is 14.4 Å². The van der Waals surface area contributed by atoms with Crippen molar-refractivity contribution in [3.8, 4) is 0 Å². The van der Waals surface area contributed by atoms with E-state index in [1.54, 1.807) is 9.80 Å². The molecule has 3 amide bonds. The van der Waals surface area contributed by atoms with Crippen molar-refractivity contribution in [3.05, 3.63) is 17.2 Å². The summed E-state index contributed by atoms with van der Waals surface area (Å²) in [5.41, 5.74) is 1.27. The Labute approximate surface area is 159 Å². The van der Waals surface area contributed by atoms with Crippen molar-refractivity contribution in [1.29, 1.82) is 0 Å². The van der Waals surface area contributed by atoms with Crippen LogP contribution in [0.4, 0.5) is 0 Å². The van der Waals surface area contributed by atoms with Crippen LogP contribution in [-0.4, -0.2) is 70.3 Å².